The Labute approximate surface area is 176 Å². The Morgan fingerprint density at radius 1 is 1.00 bits per heavy atom. The van der Waals surface area contributed by atoms with Crippen LogP contribution in [-0.4, -0.2) is 19.4 Å². The molecule has 0 spiro atoms. The van der Waals surface area contributed by atoms with E-state index in [4.69, 9.17) is 26.2 Å². The van der Waals surface area contributed by atoms with Gasteiger partial charge in [-0.15, -0.1) is 0 Å². The number of hydrogen-bond donors (Lipinski definition) is 0. The third-order valence-electron chi connectivity index (χ3n) is 4.98. The standard InChI is InChI=1S/C24H23ClN2O2/c1-3-29-22-13-7-17(8-14-22)23-16-24(18-9-11-21(28-2)12-10-18)27(26-23)20-6-4-5-19(25)15-20/h4-15,24H,3,16H2,1-2H3/t24-/m1/s1. The summed E-state index contributed by atoms with van der Waals surface area (Å²) in [5.41, 5.74) is 4.28. The van der Waals surface area contributed by atoms with Crippen molar-refractivity contribution in [3.05, 3.63) is 88.9 Å². The number of rotatable bonds is 6. The maximum Gasteiger partial charge on any atom is 0.119 e. The summed E-state index contributed by atoms with van der Waals surface area (Å²) >= 11 is 6.25. The molecule has 148 valence electrons. The fraction of sp³-hybridized carbons (Fsp3) is 0.208. The molecule has 0 bridgehead atoms. The topological polar surface area (TPSA) is 34.1 Å². The maximum atomic E-state index is 6.25. The van der Waals surface area contributed by atoms with Crippen molar-refractivity contribution in [3.8, 4) is 11.5 Å². The molecular formula is C24H23ClN2O2. The largest absolute Gasteiger partial charge is 0.497 e. The zero-order valence-electron chi connectivity index (χ0n) is 16.5. The summed E-state index contributed by atoms with van der Waals surface area (Å²) in [5.74, 6) is 1.71. The van der Waals surface area contributed by atoms with Gasteiger partial charge in [-0.25, -0.2) is 0 Å². The lowest BCUT2D eigenvalue weighted by Crippen LogP contribution is -2.18. The number of benzene rings is 3. The first-order valence-corrected chi connectivity index (χ1v) is 10.0. The van der Waals surface area contributed by atoms with Crippen LogP contribution in [0.2, 0.25) is 5.02 Å². The van der Waals surface area contributed by atoms with E-state index in [1.165, 1.54) is 5.56 Å². The van der Waals surface area contributed by atoms with Crippen molar-refractivity contribution in [1.29, 1.82) is 0 Å². The molecule has 0 radical (unpaired) electrons. The lowest BCUT2D eigenvalue weighted by atomic mass is 9.98. The Morgan fingerprint density at radius 2 is 1.72 bits per heavy atom. The van der Waals surface area contributed by atoms with Crippen molar-refractivity contribution >= 4 is 23.0 Å². The summed E-state index contributed by atoms with van der Waals surface area (Å²) in [5, 5.41) is 7.72. The molecule has 1 atom stereocenters. The van der Waals surface area contributed by atoms with Crippen LogP contribution in [-0.2, 0) is 0 Å². The van der Waals surface area contributed by atoms with Gasteiger partial charge < -0.3 is 9.47 Å². The van der Waals surface area contributed by atoms with Crippen molar-refractivity contribution in [1.82, 2.24) is 0 Å². The summed E-state index contributed by atoms with van der Waals surface area (Å²) in [6.07, 6.45) is 0.798. The summed E-state index contributed by atoms with van der Waals surface area (Å²) < 4.78 is 10.9. The highest BCUT2D eigenvalue weighted by atomic mass is 35.5. The number of hydrazone groups is 1. The van der Waals surface area contributed by atoms with Crippen molar-refractivity contribution < 1.29 is 9.47 Å². The van der Waals surface area contributed by atoms with Gasteiger partial charge in [0.1, 0.15) is 11.5 Å². The minimum atomic E-state index is 0.0842. The average Bonchev–Trinajstić information content (AvgIpc) is 3.20. The van der Waals surface area contributed by atoms with E-state index in [9.17, 15) is 0 Å². The Balaban J connectivity index is 1.69. The van der Waals surface area contributed by atoms with E-state index in [1.807, 2.05) is 55.5 Å². The molecule has 29 heavy (non-hydrogen) atoms. The first-order valence-electron chi connectivity index (χ1n) is 9.67. The molecule has 3 aromatic rings. The van der Waals surface area contributed by atoms with Crippen LogP contribution in [0.1, 0.15) is 30.5 Å². The molecule has 4 nitrogen and oxygen atoms in total. The molecule has 3 aromatic carbocycles. The van der Waals surface area contributed by atoms with Crippen LogP contribution in [0.15, 0.2) is 77.9 Å². The van der Waals surface area contributed by atoms with Crippen LogP contribution >= 0.6 is 11.6 Å². The number of nitrogens with zero attached hydrogens (tertiary/aromatic N) is 2. The molecular weight excluding hydrogens is 384 g/mol. The zero-order valence-corrected chi connectivity index (χ0v) is 17.3. The first kappa shape index (κ1) is 19.3. The van der Waals surface area contributed by atoms with Crippen LogP contribution in [0.3, 0.4) is 0 Å². The van der Waals surface area contributed by atoms with Crippen LogP contribution in [0, 0.1) is 0 Å². The van der Waals surface area contributed by atoms with Gasteiger partial charge in [0, 0.05) is 11.4 Å². The zero-order chi connectivity index (χ0) is 20.2. The molecule has 0 saturated heterocycles. The highest BCUT2D eigenvalue weighted by Crippen LogP contribution is 2.38. The minimum Gasteiger partial charge on any atom is -0.497 e. The predicted octanol–water partition coefficient (Wildman–Crippen LogP) is 6.10. The smallest absolute Gasteiger partial charge is 0.119 e. The SMILES string of the molecule is CCOc1ccc(C2=NN(c3cccc(Cl)c3)[C@@H](c3ccc(OC)cc3)C2)cc1. The molecule has 1 heterocycles. The van der Waals surface area contributed by atoms with E-state index in [0.717, 1.165) is 34.9 Å². The van der Waals surface area contributed by atoms with Gasteiger partial charge in [-0.05, 0) is 72.6 Å². The van der Waals surface area contributed by atoms with Crippen molar-refractivity contribution in [2.75, 3.05) is 18.7 Å². The van der Waals surface area contributed by atoms with Crippen molar-refractivity contribution in [3.63, 3.8) is 0 Å². The van der Waals surface area contributed by atoms with E-state index in [2.05, 4.69) is 29.3 Å². The van der Waals surface area contributed by atoms with Gasteiger partial charge in [-0.2, -0.15) is 5.10 Å². The van der Waals surface area contributed by atoms with E-state index in [0.29, 0.717) is 11.6 Å². The van der Waals surface area contributed by atoms with E-state index in [-0.39, 0.29) is 6.04 Å². The Kier molecular flexibility index (Phi) is 5.72. The second kappa shape index (κ2) is 8.58. The average molecular weight is 407 g/mol. The number of halogens is 1. The molecule has 5 heteroatoms. The normalized spacial score (nSPS) is 15.9. The fourth-order valence-corrected chi connectivity index (χ4v) is 3.72. The number of methoxy groups -OCH3 is 1. The third kappa shape index (κ3) is 4.22. The summed E-state index contributed by atoms with van der Waals surface area (Å²) in [4.78, 5) is 0. The van der Waals surface area contributed by atoms with Crippen LogP contribution < -0.4 is 14.5 Å². The summed E-state index contributed by atoms with van der Waals surface area (Å²) in [6.45, 7) is 2.64. The molecule has 1 aliphatic heterocycles. The lowest BCUT2D eigenvalue weighted by Gasteiger charge is -2.24. The van der Waals surface area contributed by atoms with Gasteiger partial charge >= 0.3 is 0 Å². The van der Waals surface area contributed by atoms with Crippen molar-refractivity contribution in [2.45, 2.75) is 19.4 Å². The molecule has 0 aliphatic carbocycles. The second-order valence-corrected chi connectivity index (χ2v) is 7.26. The van der Waals surface area contributed by atoms with E-state index >= 15 is 0 Å². The van der Waals surface area contributed by atoms with Crippen molar-refractivity contribution in [2.24, 2.45) is 5.10 Å². The summed E-state index contributed by atoms with van der Waals surface area (Å²) in [6, 6.07) is 24.2. The summed E-state index contributed by atoms with van der Waals surface area (Å²) in [7, 11) is 1.68. The molecule has 4 rings (SSSR count). The monoisotopic (exact) mass is 406 g/mol. The predicted molar refractivity (Wildman–Crippen MR) is 118 cm³/mol. The number of anilines is 1. The van der Waals surface area contributed by atoms with Crippen LogP contribution in [0.4, 0.5) is 5.69 Å². The Morgan fingerprint density at radius 3 is 2.38 bits per heavy atom. The fourth-order valence-electron chi connectivity index (χ4n) is 3.54. The van der Waals surface area contributed by atoms with E-state index < -0.39 is 0 Å². The Bertz CT molecular complexity index is 1000. The van der Waals surface area contributed by atoms with Gasteiger partial charge in [-0.3, -0.25) is 5.01 Å². The molecule has 1 aliphatic rings. The van der Waals surface area contributed by atoms with Gasteiger partial charge in [0.2, 0.25) is 0 Å². The van der Waals surface area contributed by atoms with Crippen LogP contribution in [0.25, 0.3) is 0 Å². The second-order valence-electron chi connectivity index (χ2n) is 6.82. The van der Waals surface area contributed by atoms with Gasteiger partial charge in [0.05, 0.1) is 31.2 Å². The lowest BCUT2D eigenvalue weighted by molar-refractivity contribution is 0.340. The van der Waals surface area contributed by atoms with Gasteiger partial charge in [-0.1, -0.05) is 29.8 Å². The Hall–Kier alpha value is -2.98. The number of hydrogen-bond acceptors (Lipinski definition) is 4. The third-order valence-corrected chi connectivity index (χ3v) is 5.22. The van der Waals surface area contributed by atoms with Crippen LogP contribution in [0.5, 0.6) is 11.5 Å². The van der Waals surface area contributed by atoms with E-state index in [1.54, 1.807) is 7.11 Å². The molecule has 0 unspecified atom stereocenters. The highest BCUT2D eigenvalue weighted by molar-refractivity contribution is 6.30. The molecule has 0 amide bonds. The maximum absolute atomic E-state index is 6.25. The highest BCUT2D eigenvalue weighted by Gasteiger charge is 2.30. The number of ether oxygens (including phenoxy) is 2. The molecule has 0 saturated carbocycles. The van der Waals surface area contributed by atoms with Gasteiger partial charge in [0.15, 0.2) is 0 Å². The molecule has 0 aromatic heterocycles. The quantitative estimate of drug-likeness (QED) is 0.495. The first-order chi connectivity index (χ1) is 14.2. The molecule has 0 N–H and O–H groups in total. The minimum absolute atomic E-state index is 0.0842. The van der Waals surface area contributed by atoms with Gasteiger partial charge in [0.25, 0.3) is 0 Å². The molecule has 0 fully saturated rings.